The van der Waals surface area contributed by atoms with Gasteiger partial charge in [-0.1, -0.05) is 6.07 Å². The molecule has 0 amide bonds. The first-order valence-corrected chi connectivity index (χ1v) is 7.14. The number of anilines is 1. The van der Waals surface area contributed by atoms with E-state index in [9.17, 15) is 10.1 Å². The van der Waals surface area contributed by atoms with Gasteiger partial charge in [0, 0.05) is 12.3 Å². The lowest BCUT2D eigenvalue weighted by Crippen LogP contribution is -2.03. The van der Waals surface area contributed by atoms with Crippen LogP contribution in [0.3, 0.4) is 0 Å². The molecule has 0 spiro atoms. The molecular weight excluding hydrogens is 288 g/mol. The number of nitrogens with zero attached hydrogens (tertiary/aromatic N) is 3. The number of aromatic nitrogens is 2. The Morgan fingerprint density at radius 2 is 2.24 bits per heavy atom. The maximum atomic E-state index is 11.2. The minimum atomic E-state index is -0.380. The van der Waals surface area contributed by atoms with Gasteiger partial charge in [0.15, 0.2) is 0 Å². The molecule has 0 aliphatic rings. The zero-order valence-electron chi connectivity index (χ0n) is 11.2. The van der Waals surface area contributed by atoms with Crippen LogP contribution >= 0.6 is 11.3 Å². The van der Waals surface area contributed by atoms with Crippen LogP contribution in [0.1, 0.15) is 10.7 Å². The maximum Gasteiger partial charge on any atom is 0.293 e. The van der Waals surface area contributed by atoms with E-state index < -0.39 is 0 Å². The van der Waals surface area contributed by atoms with Crippen LogP contribution in [0.4, 0.5) is 11.4 Å². The van der Waals surface area contributed by atoms with E-state index in [-0.39, 0.29) is 10.6 Å². The number of hydrogen-bond acceptors (Lipinski definition) is 6. The monoisotopic (exact) mass is 300 g/mol. The molecule has 0 saturated heterocycles. The Labute approximate surface area is 124 Å². The highest BCUT2D eigenvalue weighted by molar-refractivity contribution is 7.18. The van der Waals surface area contributed by atoms with E-state index in [0.29, 0.717) is 12.2 Å². The zero-order chi connectivity index (χ0) is 14.8. The molecule has 7 heteroatoms. The lowest BCUT2D eigenvalue weighted by molar-refractivity contribution is -0.383. The number of rotatable bonds is 4. The van der Waals surface area contributed by atoms with E-state index in [0.717, 1.165) is 20.9 Å². The summed E-state index contributed by atoms with van der Waals surface area (Å²) in [5, 5.41) is 15.2. The third-order valence-electron chi connectivity index (χ3n) is 3.00. The van der Waals surface area contributed by atoms with Crippen molar-refractivity contribution in [2.24, 2.45) is 0 Å². The van der Waals surface area contributed by atoms with Crippen molar-refractivity contribution in [2.45, 2.75) is 13.5 Å². The fraction of sp³-hybridized carbons (Fsp3) is 0.143. The summed E-state index contributed by atoms with van der Waals surface area (Å²) >= 11 is 1.45. The van der Waals surface area contributed by atoms with Crippen LogP contribution in [0, 0.1) is 17.0 Å². The molecule has 0 unspecified atom stereocenters. The number of fused-ring (bicyclic) bond motifs is 1. The Bertz CT molecular complexity index is 801. The fourth-order valence-electron chi connectivity index (χ4n) is 2.06. The largest absolute Gasteiger partial charge is 0.374 e. The molecule has 0 atom stereocenters. The second-order valence-corrected chi connectivity index (χ2v) is 5.74. The molecule has 1 N–H and O–H groups in total. The number of benzene rings is 1. The number of nitro benzene ring substituents is 1. The predicted octanol–water partition coefficient (Wildman–Crippen LogP) is 3.52. The first kappa shape index (κ1) is 13.4. The van der Waals surface area contributed by atoms with E-state index in [1.165, 1.54) is 11.3 Å². The standard InChI is InChI=1S/C14H12N4O2S/c1-9-17-12-6-11(13(18(19)20)7-14(12)21-9)16-8-10-4-2-3-5-15-10/h2-7,16H,8H2,1H3. The van der Waals surface area contributed by atoms with Gasteiger partial charge in [0.25, 0.3) is 5.69 Å². The molecule has 106 valence electrons. The van der Waals surface area contributed by atoms with Gasteiger partial charge >= 0.3 is 0 Å². The smallest absolute Gasteiger partial charge is 0.293 e. The van der Waals surface area contributed by atoms with Crippen molar-refractivity contribution in [1.29, 1.82) is 0 Å². The Balaban J connectivity index is 1.95. The van der Waals surface area contributed by atoms with Gasteiger partial charge in [-0.15, -0.1) is 11.3 Å². The number of thiazole rings is 1. The van der Waals surface area contributed by atoms with Gasteiger partial charge in [-0.2, -0.15) is 0 Å². The Morgan fingerprint density at radius 3 is 2.95 bits per heavy atom. The fourth-order valence-corrected chi connectivity index (χ4v) is 2.90. The molecule has 0 saturated carbocycles. The summed E-state index contributed by atoms with van der Waals surface area (Å²) in [7, 11) is 0. The molecule has 6 nitrogen and oxygen atoms in total. The van der Waals surface area contributed by atoms with Crippen molar-refractivity contribution in [2.75, 3.05) is 5.32 Å². The lowest BCUT2D eigenvalue weighted by Gasteiger charge is -2.06. The Hall–Kier alpha value is -2.54. The number of pyridine rings is 1. The van der Waals surface area contributed by atoms with Crippen LogP contribution in [-0.4, -0.2) is 14.9 Å². The van der Waals surface area contributed by atoms with Gasteiger partial charge in [0.2, 0.25) is 0 Å². The van der Waals surface area contributed by atoms with Crippen molar-refractivity contribution in [3.05, 3.63) is 57.3 Å². The summed E-state index contributed by atoms with van der Waals surface area (Å²) in [6, 6.07) is 8.87. The van der Waals surface area contributed by atoms with Crippen LogP contribution in [0.15, 0.2) is 36.5 Å². The molecule has 1 aromatic carbocycles. The molecular formula is C14H12N4O2S. The number of nitro groups is 1. The van der Waals surface area contributed by atoms with E-state index in [2.05, 4.69) is 15.3 Å². The quantitative estimate of drug-likeness (QED) is 0.589. The van der Waals surface area contributed by atoms with Gasteiger partial charge < -0.3 is 5.32 Å². The van der Waals surface area contributed by atoms with Crippen molar-refractivity contribution in [3.8, 4) is 0 Å². The number of aryl methyl sites for hydroxylation is 1. The average Bonchev–Trinajstić information content (AvgIpc) is 2.84. The van der Waals surface area contributed by atoms with Crippen LogP contribution in [0.2, 0.25) is 0 Å². The highest BCUT2D eigenvalue weighted by Crippen LogP contribution is 2.33. The lowest BCUT2D eigenvalue weighted by atomic mass is 10.2. The second-order valence-electron chi connectivity index (χ2n) is 4.50. The van der Waals surface area contributed by atoms with Crippen LogP contribution < -0.4 is 5.32 Å². The van der Waals surface area contributed by atoms with Crippen molar-refractivity contribution in [1.82, 2.24) is 9.97 Å². The molecule has 2 heterocycles. The van der Waals surface area contributed by atoms with E-state index in [4.69, 9.17) is 0 Å². The van der Waals surface area contributed by atoms with Gasteiger partial charge in [-0.25, -0.2) is 4.98 Å². The summed E-state index contributed by atoms with van der Waals surface area (Å²) in [6.45, 7) is 2.31. The van der Waals surface area contributed by atoms with Gasteiger partial charge in [-0.3, -0.25) is 15.1 Å². The minimum Gasteiger partial charge on any atom is -0.374 e. The van der Waals surface area contributed by atoms with Gasteiger partial charge in [0.1, 0.15) is 5.69 Å². The Morgan fingerprint density at radius 1 is 1.38 bits per heavy atom. The van der Waals surface area contributed by atoms with Crippen molar-refractivity contribution in [3.63, 3.8) is 0 Å². The Kier molecular flexibility index (Phi) is 3.49. The first-order valence-electron chi connectivity index (χ1n) is 6.33. The first-order chi connectivity index (χ1) is 10.1. The molecule has 0 radical (unpaired) electrons. The molecule has 2 aromatic heterocycles. The molecule has 0 aliphatic carbocycles. The zero-order valence-corrected chi connectivity index (χ0v) is 12.1. The highest BCUT2D eigenvalue weighted by Gasteiger charge is 2.17. The summed E-state index contributed by atoms with van der Waals surface area (Å²) in [4.78, 5) is 19.4. The third kappa shape index (κ3) is 2.82. The normalized spacial score (nSPS) is 10.7. The highest BCUT2D eigenvalue weighted by atomic mass is 32.1. The maximum absolute atomic E-state index is 11.2. The summed E-state index contributed by atoms with van der Waals surface area (Å²) in [6.07, 6.45) is 1.69. The molecule has 3 rings (SSSR count). The summed E-state index contributed by atoms with van der Waals surface area (Å²) in [5.41, 5.74) is 2.11. The second kappa shape index (κ2) is 5.45. The van der Waals surface area contributed by atoms with E-state index >= 15 is 0 Å². The molecule has 21 heavy (non-hydrogen) atoms. The minimum absolute atomic E-state index is 0.0575. The molecule has 0 aliphatic heterocycles. The van der Waals surface area contributed by atoms with Crippen LogP contribution in [-0.2, 0) is 6.54 Å². The molecule has 0 fully saturated rings. The molecule has 3 aromatic rings. The van der Waals surface area contributed by atoms with Crippen LogP contribution in [0.25, 0.3) is 10.2 Å². The SMILES string of the molecule is Cc1nc2cc(NCc3ccccn3)c([N+](=O)[O-])cc2s1. The molecule has 0 bridgehead atoms. The third-order valence-corrected chi connectivity index (χ3v) is 3.93. The van der Waals surface area contributed by atoms with Gasteiger partial charge in [0.05, 0.1) is 32.4 Å². The van der Waals surface area contributed by atoms with E-state index in [1.54, 1.807) is 18.3 Å². The number of nitrogens with one attached hydrogen (secondary N) is 1. The average molecular weight is 300 g/mol. The van der Waals surface area contributed by atoms with Crippen molar-refractivity contribution < 1.29 is 4.92 Å². The summed E-state index contributed by atoms with van der Waals surface area (Å²) < 4.78 is 0.822. The van der Waals surface area contributed by atoms with Gasteiger partial charge in [-0.05, 0) is 25.1 Å². The summed E-state index contributed by atoms with van der Waals surface area (Å²) in [5.74, 6) is 0. The van der Waals surface area contributed by atoms with E-state index in [1.807, 2.05) is 25.1 Å². The predicted molar refractivity (Wildman–Crippen MR) is 82.6 cm³/mol. The van der Waals surface area contributed by atoms with Crippen LogP contribution in [0.5, 0.6) is 0 Å². The topological polar surface area (TPSA) is 81.0 Å². The van der Waals surface area contributed by atoms with Crippen molar-refractivity contribution >= 4 is 32.9 Å². The number of hydrogen-bond donors (Lipinski definition) is 1.